The summed E-state index contributed by atoms with van der Waals surface area (Å²) < 4.78 is 5.37. The zero-order valence-corrected chi connectivity index (χ0v) is 19.1. The quantitative estimate of drug-likeness (QED) is 0.323. The lowest BCUT2D eigenvalue weighted by Crippen LogP contribution is -2.25. The van der Waals surface area contributed by atoms with Crippen LogP contribution in [0.4, 0.5) is 5.69 Å². The summed E-state index contributed by atoms with van der Waals surface area (Å²) in [6.45, 7) is 1.57. The average Bonchev–Trinajstić information content (AvgIpc) is 2.77. The number of halogens is 3. The second-order valence-corrected chi connectivity index (χ2v) is 7.91. The number of nitrogens with zero attached hydrogens (tertiary/aromatic N) is 1. The minimum absolute atomic E-state index is 0.184. The molecule has 0 aliphatic heterocycles. The van der Waals surface area contributed by atoms with E-state index in [9.17, 15) is 9.59 Å². The standard InChI is InChI=1S/C23H18Cl3N3O3/c1-14(28-29-22(30)13-32-19-9-4-16(24)5-10-19)15-2-7-18(8-3-15)27-23(31)20-11-6-17(25)12-21(20)26/h2-12H,13H2,1H3,(H,27,31)(H,29,30)/b28-14+. The average molecular weight is 491 g/mol. The predicted octanol–water partition coefficient (Wildman–Crippen LogP) is 5.82. The number of carbonyl (C=O) groups is 2. The highest BCUT2D eigenvalue weighted by atomic mass is 35.5. The summed E-state index contributed by atoms with van der Waals surface area (Å²) in [5, 5.41) is 8.15. The topological polar surface area (TPSA) is 79.8 Å². The van der Waals surface area contributed by atoms with Crippen molar-refractivity contribution in [1.29, 1.82) is 0 Å². The maximum Gasteiger partial charge on any atom is 0.277 e. The number of carbonyl (C=O) groups excluding carboxylic acids is 2. The molecule has 0 spiro atoms. The van der Waals surface area contributed by atoms with Gasteiger partial charge in [-0.2, -0.15) is 5.10 Å². The van der Waals surface area contributed by atoms with Crippen molar-refractivity contribution in [3.05, 3.63) is 92.9 Å². The van der Waals surface area contributed by atoms with Crippen molar-refractivity contribution in [3.63, 3.8) is 0 Å². The summed E-state index contributed by atoms with van der Waals surface area (Å²) >= 11 is 17.7. The van der Waals surface area contributed by atoms with Crippen molar-refractivity contribution in [2.24, 2.45) is 5.10 Å². The van der Waals surface area contributed by atoms with Crippen LogP contribution in [-0.2, 0) is 4.79 Å². The van der Waals surface area contributed by atoms with Gasteiger partial charge >= 0.3 is 0 Å². The summed E-state index contributed by atoms with van der Waals surface area (Å²) in [5.74, 6) is -0.219. The highest BCUT2D eigenvalue weighted by molar-refractivity contribution is 6.37. The second-order valence-electron chi connectivity index (χ2n) is 6.63. The molecular formula is C23H18Cl3N3O3. The molecule has 0 radical (unpaired) electrons. The molecular weight excluding hydrogens is 473 g/mol. The lowest BCUT2D eigenvalue weighted by Gasteiger charge is -2.08. The molecule has 0 saturated carbocycles. The third kappa shape index (κ3) is 6.72. The summed E-state index contributed by atoms with van der Waals surface area (Å²) in [4.78, 5) is 24.3. The predicted molar refractivity (Wildman–Crippen MR) is 128 cm³/mol. The SMILES string of the molecule is C/C(=N\NC(=O)COc1ccc(Cl)cc1)c1ccc(NC(=O)c2ccc(Cl)cc2Cl)cc1. The molecule has 0 saturated heterocycles. The van der Waals surface area contributed by atoms with Gasteiger partial charge in [0.15, 0.2) is 6.61 Å². The van der Waals surface area contributed by atoms with E-state index in [2.05, 4.69) is 15.8 Å². The van der Waals surface area contributed by atoms with Gasteiger partial charge in [0.25, 0.3) is 11.8 Å². The molecule has 0 aromatic heterocycles. The van der Waals surface area contributed by atoms with Crippen LogP contribution in [-0.4, -0.2) is 24.1 Å². The Hall–Kier alpha value is -3.06. The van der Waals surface area contributed by atoms with Crippen LogP contribution in [0.1, 0.15) is 22.8 Å². The van der Waals surface area contributed by atoms with Crippen molar-refractivity contribution >= 4 is 58.0 Å². The van der Waals surface area contributed by atoms with Crippen LogP contribution in [0.5, 0.6) is 5.75 Å². The molecule has 0 aliphatic carbocycles. The van der Waals surface area contributed by atoms with E-state index in [0.29, 0.717) is 32.8 Å². The van der Waals surface area contributed by atoms with E-state index in [0.717, 1.165) is 5.56 Å². The molecule has 3 rings (SSSR count). The Balaban J connectivity index is 1.53. The monoisotopic (exact) mass is 489 g/mol. The number of ether oxygens (including phenoxy) is 1. The molecule has 2 amide bonds. The first-order valence-corrected chi connectivity index (χ1v) is 10.5. The smallest absolute Gasteiger partial charge is 0.277 e. The molecule has 0 atom stereocenters. The van der Waals surface area contributed by atoms with E-state index in [1.165, 1.54) is 6.07 Å². The summed E-state index contributed by atoms with van der Waals surface area (Å²) in [6, 6.07) is 18.4. The molecule has 6 nitrogen and oxygen atoms in total. The minimum Gasteiger partial charge on any atom is -0.484 e. The van der Waals surface area contributed by atoms with Gasteiger partial charge in [-0.1, -0.05) is 46.9 Å². The van der Waals surface area contributed by atoms with Gasteiger partial charge in [0.2, 0.25) is 0 Å². The Kier molecular flexibility index (Phi) is 8.11. The maximum absolute atomic E-state index is 12.4. The molecule has 0 heterocycles. The highest BCUT2D eigenvalue weighted by Gasteiger charge is 2.11. The maximum atomic E-state index is 12.4. The zero-order valence-electron chi connectivity index (χ0n) is 16.9. The van der Waals surface area contributed by atoms with Crippen LogP contribution in [0.3, 0.4) is 0 Å². The van der Waals surface area contributed by atoms with E-state index < -0.39 is 5.91 Å². The lowest BCUT2D eigenvalue weighted by molar-refractivity contribution is -0.123. The van der Waals surface area contributed by atoms with Gasteiger partial charge in [-0.3, -0.25) is 9.59 Å². The number of hydrogen-bond acceptors (Lipinski definition) is 4. The van der Waals surface area contributed by atoms with Crippen LogP contribution < -0.4 is 15.5 Å². The van der Waals surface area contributed by atoms with Crippen molar-refractivity contribution in [2.45, 2.75) is 6.92 Å². The zero-order chi connectivity index (χ0) is 23.1. The Morgan fingerprint density at radius 2 is 1.56 bits per heavy atom. The first-order valence-electron chi connectivity index (χ1n) is 9.40. The number of anilines is 1. The first-order chi connectivity index (χ1) is 15.3. The van der Waals surface area contributed by atoms with Crippen molar-refractivity contribution < 1.29 is 14.3 Å². The molecule has 0 aliphatic rings. The minimum atomic E-state index is -0.400. The molecule has 164 valence electrons. The van der Waals surface area contributed by atoms with Gasteiger partial charge in [0.05, 0.1) is 16.3 Å². The van der Waals surface area contributed by atoms with Gasteiger partial charge in [0, 0.05) is 15.7 Å². The fraction of sp³-hybridized carbons (Fsp3) is 0.0870. The summed E-state index contributed by atoms with van der Waals surface area (Å²) in [6.07, 6.45) is 0. The van der Waals surface area contributed by atoms with Crippen molar-refractivity contribution in [1.82, 2.24) is 5.43 Å². The van der Waals surface area contributed by atoms with Crippen LogP contribution in [0.15, 0.2) is 71.8 Å². The molecule has 32 heavy (non-hydrogen) atoms. The third-order valence-corrected chi connectivity index (χ3v) is 5.07. The Morgan fingerprint density at radius 3 is 2.22 bits per heavy atom. The van der Waals surface area contributed by atoms with E-state index >= 15 is 0 Å². The van der Waals surface area contributed by atoms with Gasteiger partial charge in [-0.25, -0.2) is 5.43 Å². The number of hydrazone groups is 1. The van der Waals surface area contributed by atoms with Gasteiger partial charge in [-0.15, -0.1) is 0 Å². The number of amides is 2. The van der Waals surface area contributed by atoms with E-state index in [4.69, 9.17) is 39.5 Å². The van der Waals surface area contributed by atoms with Gasteiger partial charge in [0.1, 0.15) is 5.75 Å². The van der Waals surface area contributed by atoms with Crippen molar-refractivity contribution in [3.8, 4) is 5.75 Å². The normalized spacial score (nSPS) is 11.1. The first kappa shape index (κ1) is 23.6. The van der Waals surface area contributed by atoms with Gasteiger partial charge < -0.3 is 10.1 Å². The molecule has 2 N–H and O–H groups in total. The second kappa shape index (κ2) is 11.0. The molecule has 3 aromatic rings. The largest absolute Gasteiger partial charge is 0.484 e. The van der Waals surface area contributed by atoms with E-state index in [1.807, 2.05) is 0 Å². The number of nitrogens with one attached hydrogen (secondary N) is 2. The van der Waals surface area contributed by atoms with E-state index in [-0.39, 0.29) is 17.5 Å². The number of rotatable bonds is 7. The fourth-order valence-electron chi connectivity index (χ4n) is 2.59. The fourth-order valence-corrected chi connectivity index (χ4v) is 3.21. The number of hydrogen-bond donors (Lipinski definition) is 2. The van der Waals surface area contributed by atoms with Crippen molar-refractivity contribution in [2.75, 3.05) is 11.9 Å². The highest BCUT2D eigenvalue weighted by Crippen LogP contribution is 2.22. The van der Waals surface area contributed by atoms with Crippen LogP contribution in [0.2, 0.25) is 15.1 Å². The summed E-state index contributed by atoms with van der Waals surface area (Å²) in [7, 11) is 0. The molecule has 0 unspecified atom stereocenters. The number of benzene rings is 3. The van der Waals surface area contributed by atoms with Crippen LogP contribution in [0, 0.1) is 0 Å². The molecule has 0 bridgehead atoms. The van der Waals surface area contributed by atoms with E-state index in [1.54, 1.807) is 67.6 Å². The Morgan fingerprint density at radius 1 is 0.906 bits per heavy atom. The molecule has 9 heteroatoms. The van der Waals surface area contributed by atoms with Crippen LogP contribution in [0.25, 0.3) is 0 Å². The lowest BCUT2D eigenvalue weighted by atomic mass is 10.1. The molecule has 0 fully saturated rings. The third-order valence-electron chi connectivity index (χ3n) is 4.27. The molecule has 3 aromatic carbocycles. The Labute approximate surface area is 200 Å². The van der Waals surface area contributed by atoms with Crippen LogP contribution >= 0.6 is 34.8 Å². The Bertz CT molecular complexity index is 1150. The van der Waals surface area contributed by atoms with Gasteiger partial charge in [-0.05, 0) is 67.1 Å². The summed E-state index contributed by atoms with van der Waals surface area (Å²) in [5.41, 5.74) is 4.70.